The van der Waals surface area contributed by atoms with Crippen molar-refractivity contribution in [2.24, 2.45) is 7.05 Å². The van der Waals surface area contributed by atoms with Gasteiger partial charge in [-0.05, 0) is 24.3 Å². The van der Waals surface area contributed by atoms with Crippen LogP contribution in [0.15, 0.2) is 64.4 Å². The summed E-state index contributed by atoms with van der Waals surface area (Å²) in [6.07, 6.45) is -4.74. The van der Waals surface area contributed by atoms with Crippen molar-refractivity contribution in [2.75, 3.05) is 5.32 Å². The number of anilines is 1. The largest absolute Gasteiger partial charge is 0.436 e. The van der Waals surface area contributed by atoms with E-state index >= 15 is 0 Å². The molecule has 1 N–H and O–H groups in total. The molecule has 0 atom stereocenters. The van der Waals surface area contributed by atoms with Gasteiger partial charge in [-0.1, -0.05) is 53.7 Å². The van der Waals surface area contributed by atoms with Gasteiger partial charge in [-0.15, -0.1) is 0 Å². The summed E-state index contributed by atoms with van der Waals surface area (Å²) < 4.78 is 39.7. The van der Waals surface area contributed by atoms with Crippen molar-refractivity contribution in [2.45, 2.75) is 16.0 Å². The third-order valence-corrected chi connectivity index (χ3v) is 5.02. The smallest absolute Gasteiger partial charge is 0.320 e. The van der Waals surface area contributed by atoms with Crippen molar-refractivity contribution < 1.29 is 18.0 Å². The summed E-state index contributed by atoms with van der Waals surface area (Å²) >= 11 is 7.19. The highest BCUT2D eigenvalue weighted by Crippen LogP contribution is 2.37. The van der Waals surface area contributed by atoms with Crippen molar-refractivity contribution >= 4 is 35.0 Å². The van der Waals surface area contributed by atoms with Gasteiger partial charge < -0.3 is 5.32 Å². The minimum atomic E-state index is -4.74. The van der Waals surface area contributed by atoms with Crippen LogP contribution in [0.25, 0.3) is 0 Å². The number of halogens is 4. The van der Waals surface area contributed by atoms with Crippen LogP contribution in [0.4, 0.5) is 18.9 Å². The van der Waals surface area contributed by atoms with Crippen molar-refractivity contribution in [3.8, 4) is 0 Å². The van der Waals surface area contributed by atoms with Crippen molar-refractivity contribution in [3.63, 3.8) is 0 Å². The third-order valence-electron chi connectivity index (χ3n) is 3.58. The van der Waals surface area contributed by atoms with Crippen LogP contribution in [-0.2, 0) is 13.2 Å². The van der Waals surface area contributed by atoms with Crippen LogP contribution >= 0.6 is 23.4 Å². The van der Waals surface area contributed by atoms with E-state index in [2.05, 4.69) is 10.4 Å². The molecular formula is C18H13ClF3N3OS. The van der Waals surface area contributed by atoms with E-state index in [0.717, 1.165) is 14.5 Å². The molecule has 0 aliphatic heterocycles. The highest BCUT2D eigenvalue weighted by molar-refractivity contribution is 7.99. The maximum Gasteiger partial charge on any atom is 0.436 e. The highest BCUT2D eigenvalue weighted by atomic mass is 35.5. The second kappa shape index (κ2) is 7.66. The first-order valence-corrected chi connectivity index (χ1v) is 8.90. The Morgan fingerprint density at radius 1 is 1.11 bits per heavy atom. The summed E-state index contributed by atoms with van der Waals surface area (Å²) in [4.78, 5) is 14.3. The molecule has 0 unspecified atom stereocenters. The molecule has 0 aliphatic carbocycles. The van der Waals surface area contributed by atoms with E-state index in [0.29, 0.717) is 5.69 Å². The summed E-state index contributed by atoms with van der Waals surface area (Å²) in [5, 5.41) is 5.22. The number of carbonyl (C=O) groups is 1. The van der Waals surface area contributed by atoms with Crippen molar-refractivity contribution in [3.05, 3.63) is 71.0 Å². The van der Waals surface area contributed by atoms with Crippen molar-refractivity contribution in [1.82, 2.24) is 9.78 Å². The Balaban J connectivity index is 1.89. The van der Waals surface area contributed by atoms with Crippen LogP contribution in [0.1, 0.15) is 16.2 Å². The zero-order valence-corrected chi connectivity index (χ0v) is 15.5. The first-order valence-electron chi connectivity index (χ1n) is 7.70. The van der Waals surface area contributed by atoms with Gasteiger partial charge >= 0.3 is 6.18 Å². The minimum absolute atomic E-state index is 0.358. The van der Waals surface area contributed by atoms with Crippen LogP contribution in [0.2, 0.25) is 5.02 Å². The minimum Gasteiger partial charge on any atom is -0.320 e. The molecule has 0 saturated heterocycles. The predicted octanol–water partition coefficient (Wildman–Crippen LogP) is 5.50. The number of para-hydroxylation sites is 1. The lowest BCUT2D eigenvalue weighted by atomic mass is 10.3. The zero-order chi connectivity index (χ0) is 19.6. The number of amides is 1. The number of rotatable bonds is 4. The molecule has 0 fully saturated rings. The number of hydrogen-bond donors (Lipinski definition) is 1. The molecule has 27 heavy (non-hydrogen) atoms. The second-order valence-electron chi connectivity index (χ2n) is 5.50. The summed E-state index contributed by atoms with van der Waals surface area (Å²) in [5.74, 6) is -0.772. The average molecular weight is 412 g/mol. The van der Waals surface area contributed by atoms with Gasteiger partial charge in [0.05, 0.1) is 5.69 Å². The average Bonchev–Trinajstić information content (AvgIpc) is 2.92. The van der Waals surface area contributed by atoms with Crippen LogP contribution in [0, 0.1) is 0 Å². The molecule has 1 amide bonds. The number of alkyl halides is 3. The van der Waals surface area contributed by atoms with Gasteiger partial charge in [-0.25, -0.2) is 0 Å². The Bertz CT molecular complexity index is 974. The monoisotopic (exact) mass is 411 g/mol. The fraction of sp³-hybridized carbons (Fsp3) is 0.111. The molecule has 1 aromatic heterocycles. The van der Waals surface area contributed by atoms with Crippen LogP contribution in [0.3, 0.4) is 0 Å². The Morgan fingerprint density at radius 3 is 2.37 bits per heavy atom. The molecular weight excluding hydrogens is 399 g/mol. The number of benzene rings is 2. The summed E-state index contributed by atoms with van der Waals surface area (Å²) in [7, 11) is 1.24. The highest BCUT2D eigenvalue weighted by Gasteiger charge is 2.39. The van der Waals surface area contributed by atoms with Gasteiger partial charge in [-0.3, -0.25) is 9.48 Å². The normalized spacial score (nSPS) is 11.4. The Kier molecular flexibility index (Phi) is 5.48. The van der Waals surface area contributed by atoms with Gasteiger partial charge in [0.15, 0.2) is 5.69 Å². The Labute approximate surface area is 162 Å². The van der Waals surface area contributed by atoms with E-state index in [4.69, 9.17) is 11.6 Å². The molecule has 0 bridgehead atoms. The lowest BCUT2D eigenvalue weighted by Crippen LogP contribution is -2.17. The van der Waals surface area contributed by atoms with Gasteiger partial charge in [0, 0.05) is 16.8 Å². The lowest BCUT2D eigenvalue weighted by molar-refractivity contribution is -0.141. The number of carbonyl (C=O) groups excluding carboxylic acids is 1. The van der Waals surface area contributed by atoms with E-state index in [1.54, 1.807) is 24.3 Å². The Hall–Kier alpha value is -2.45. The second-order valence-corrected chi connectivity index (χ2v) is 6.99. The van der Waals surface area contributed by atoms with Crippen molar-refractivity contribution in [1.29, 1.82) is 0 Å². The van der Waals surface area contributed by atoms with E-state index < -0.39 is 22.8 Å². The van der Waals surface area contributed by atoms with Gasteiger partial charge in [0.1, 0.15) is 10.7 Å². The van der Waals surface area contributed by atoms with E-state index in [1.807, 2.05) is 30.3 Å². The number of hydrogen-bond acceptors (Lipinski definition) is 3. The molecule has 0 aliphatic rings. The van der Waals surface area contributed by atoms with E-state index in [9.17, 15) is 18.0 Å². The van der Waals surface area contributed by atoms with E-state index in [1.165, 1.54) is 18.8 Å². The fourth-order valence-electron chi connectivity index (χ4n) is 2.38. The van der Waals surface area contributed by atoms with Gasteiger partial charge in [0.2, 0.25) is 0 Å². The summed E-state index contributed by atoms with van der Waals surface area (Å²) in [6.45, 7) is 0. The summed E-state index contributed by atoms with van der Waals surface area (Å²) in [6, 6.07) is 16.5. The molecule has 140 valence electrons. The molecule has 3 rings (SSSR count). The topological polar surface area (TPSA) is 46.9 Å². The lowest BCUT2D eigenvalue weighted by Gasteiger charge is -2.11. The molecule has 0 spiro atoms. The number of nitrogens with one attached hydrogen (secondary N) is 1. The summed E-state index contributed by atoms with van der Waals surface area (Å²) in [5.41, 5.74) is -1.19. The number of aromatic nitrogens is 2. The standard InChI is InChI=1S/C18H13ClF3N3OS/c1-25-15(14(19)16(24-25)18(20,21)22)17(26)23-12-9-5-6-10-13(12)27-11-7-3-2-4-8-11/h2-10H,1H3,(H,23,26). The van der Waals surface area contributed by atoms with Crippen LogP contribution in [0.5, 0.6) is 0 Å². The van der Waals surface area contributed by atoms with Crippen LogP contribution < -0.4 is 5.32 Å². The molecule has 3 aromatic rings. The maximum absolute atomic E-state index is 12.9. The molecule has 1 heterocycles. The molecule has 0 radical (unpaired) electrons. The third kappa shape index (κ3) is 4.28. The molecule has 0 saturated carbocycles. The molecule has 2 aromatic carbocycles. The van der Waals surface area contributed by atoms with E-state index in [-0.39, 0.29) is 5.69 Å². The van der Waals surface area contributed by atoms with Crippen LogP contribution in [-0.4, -0.2) is 15.7 Å². The quantitative estimate of drug-likeness (QED) is 0.617. The zero-order valence-electron chi connectivity index (χ0n) is 13.9. The fourth-order valence-corrected chi connectivity index (χ4v) is 3.66. The van der Waals surface area contributed by atoms with Gasteiger partial charge in [-0.2, -0.15) is 18.3 Å². The van der Waals surface area contributed by atoms with Gasteiger partial charge in [0.25, 0.3) is 5.91 Å². The first-order chi connectivity index (χ1) is 12.8. The first kappa shape index (κ1) is 19.3. The Morgan fingerprint density at radius 2 is 1.74 bits per heavy atom. The molecule has 4 nitrogen and oxygen atoms in total. The maximum atomic E-state index is 12.9. The molecule has 9 heteroatoms. The number of aryl methyl sites for hydroxylation is 1. The predicted molar refractivity (Wildman–Crippen MR) is 98.2 cm³/mol. The SMILES string of the molecule is Cn1nc(C(F)(F)F)c(Cl)c1C(=O)Nc1ccccc1Sc1ccccc1. The number of nitrogens with zero attached hydrogens (tertiary/aromatic N) is 2.